The molecule has 0 spiro atoms. The van der Waals surface area contributed by atoms with Crippen LogP contribution in [-0.2, 0) is 0 Å². The Morgan fingerprint density at radius 1 is 1.42 bits per heavy atom. The lowest BCUT2D eigenvalue weighted by atomic mass is 10.1. The van der Waals surface area contributed by atoms with Gasteiger partial charge in [-0.1, -0.05) is 19.1 Å². The Balaban J connectivity index is 2.29. The molecule has 0 fully saturated rings. The third-order valence-electron chi connectivity index (χ3n) is 3.06. The lowest BCUT2D eigenvalue weighted by Gasteiger charge is -2.14. The summed E-state index contributed by atoms with van der Waals surface area (Å²) < 4.78 is 0. The number of carbonyl (C=O) groups excluding carboxylic acids is 1. The number of benzene rings is 1. The van der Waals surface area contributed by atoms with Gasteiger partial charge in [0.1, 0.15) is 0 Å². The standard InChI is InChI=1S/C15H15N3O/c1-2-11(8-9-16)18-15(19)13-5-3-7-14-12(13)6-4-10-17-14/h3-7,10-11H,2,8H2,1H3,(H,18,19). The van der Waals surface area contributed by atoms with Gasteiger partial charge in [0.05, 0.1) is 18.0 Å². The quantitative estimate of drug-likeness (QED) is 0.910. The molecular weight excluding hydrogens is 238 g/mol. The van der Waals surface area contributed by atoms with Crippen molar-refractivity contribution in [3.8, 4) is 6.07 Å². The van der Waals surface area contributed by atoms with Gasteiger partial charge in [-0.15, -0.1) is 0 Å². The van der Waals surface area contributed by atoms with Gasteiger partial charge in [-0.05, 0) is 24.6 Å². The number of nitrogens with zero attached hydrogens (tertiary/aromatic N) is 2. The van der Waals surface area contributed by atoms with Gasteiger partial charge in [-0.25, -0.2) is 0 Å². The first kappa shape index (κ1) is 13.0. The van der Waals surface area contributed by atoms with E-state index in [4.69, 9.17) is 5.26 Å². The third-order valence-corrected chi connectivity index (χ3v) is 3.06. The summed E-state index contributed by atoms with van der Waals surface area (Å²) in [5, 5.41) is 12.4. The van der Waals surface area contributed by atoms with Crippen LogP contribution < -0.4 is 5.32 Å². The van der Waals surface area contributed by atoms with Crippen molar-refractivity contribution in [2.45, 2.75) is 25.8 Å². The third kappa shape index (κ3) is 2.89. The van der Waals surface area contributed by atoms with E-state index in [1.165, 1.54) is 0 Å². The molecule has 0 saturated heterocycles. The normalized spacial score (nSPS) is 11.8. The molecule has 19 heavy (non-hydrogen) atoms. The van der Waals surface area contributed by atoms with E-state index in [0.29, 0.717) is 12.0 Å². The molecule has 2 aromatic rings. The highest BCUT2D eigenvalue weighted by molar-refractivity contribution is 6.06. The van der Waals surface area contributed by atoms with E-state index in [-0.39, 0.29) is 11.9 Å². The molecule has 96 valence electrons. The molecule has 1 amide bonds. The first-order valence-electron chi connectivity index (χ1n) is 6.27. The number of carbonyl (C=O) groups is 1. The molecule has 1 aromatic carbocycles. The van der Waals surface area contributed by atoms with Crippen molar-refractivity contribution in [2.75, 3.05) is 0 Å². The molecule has 1 atom stereocenters. The van der Waals surface area contributed by atoms with E-state index in [2.05, 4.69) is 16.4 Å². The van der Waals surface area contributed by atoms with E-state index in [0.717, 1.165) is 17.3 Å². The van der Waals surface area contributed by atoms with E-state index < -0.39 is 0 Å². The zero-order valence-corrected chi connectivity index (χ0v) is 10.8. The zero-order valence-electron chi connectivity index (χ0n) is 10.8. The fourth-order valence-corrected chi connectivity index (χ4v) is 1.97. The predicted molar refractivity (Wildman–Crippen MR) is 73.5 cm³/mol. The van der Waals surface area contributed by atoms with Gasteiger partial charge in [0.25, 0.3) is 5.91 Å². The number of hydrogen-bond donors (Lipinski definition) is 1. The van der Waals surface area contributed by atoms with Crippen molar-refractivity contribution in [3.63, 3.8) is 0 Å². The summed E-state index contributed by atoms with van der Waals surface area (Å²) in [5.41, 5.74) is 1.39. The summed E-state index contributed by atoms with van der Waals surface area (Å²) in [6.07, 6.45) is 2.77. The van der Waals surface area contributed by atoms with Crippen LogP contribution in [0.5, 0.6) is 0 Å². The predicted octanol–water partition coefficient (Wildman–Crippen LogP) is 2.66. The molecule has 1 heterocycles. The SMILES string of the molecule is CCC(CC#N)NC(=O)c1cccc2ncccc12. The Kier molecular flexibility index (Phi) is 4.09. The number of nitriles is 1. The average molecular weight is 253 g/mol. The Labute approximate surface area is 112 Å². The highest BCUT2D eigenvalue weighted by Gasteiger charge is 2.14. The van der Waals surface area contributed by atoms with Gasteiger partial charge in [-0.2, -0.15) is 5.26 Å². The van der Waals surface area contributed by atoms with Gasteiger partial charge < -0.3 is 5.32 Å². The van der Waals surface area contributed by atoms with Crippen LogP contribution in [0.2, 0.25) is 0 Å². The molecule has 1 N–H and O–H groups in total. The van der Waals surface area contributed by atoms with Gasteiger partial charge in [0, 0.05) is 23.2 Å². The lowest BCUT2D eigenvalue weighted by molar-refractivity contribution is 0.0938. The fourth-order valence-electron chi connectivity index (χ4n) is 1.97. The average Bonchev–Trinajstić information content (AvgIpc) is 2.46. The number of pyridine rings is 1. The van der Waals surface area contributed by atoms with Crippen molar-refractivity contribution in [1.29, 1.82) is 5.26 Å². The summed E-state index contributed by atoms with van der Waals surface area (Å²) in [4.78, 5) is 16.5. The molecule has 1 unspecified atom stereocenters. The number of fused-ring (bicyclic) bond motifs is 1. The largest absolute Gasteiger partial charge is 0.348 e. The number of aromatic nitrogens is 1. The smallest absolute Gasteiger partial charge is 0.252 e. The Morgan fingerprint density at radius 3 is 3.00 bits per heavy atom. The zero-order chi connectivity index (χ0) is 13.7. The van der Waals surface area contributed by atoms with Crippen LogP contribution in [0.15, 0.2) is 36.5 Å². The van der Waals surface area contributed by atoms with Crippen molar-refractivity contribution in [3.05, 3.63) is 42.1 Å². The van der Waals surface area contributed by atoms with Gasteiger partial charge in [0.15, 0.2) is 0 Å². The van der Waals surface area contributed by atoms with Crippen LogP contribution in [0.1, 0.15) is 30.1 Å². The second kappa shape index (κ2) is 5.96. The minimum atomic E-state index is -0.152. The number of amides is 1. The molecule has 0 aliphatic heterocycles. The van der Waals surface area contributed by atoms with Crippen LogP contribution in [0, 0.1) is 11.3 Å². The molecule has 0 radical (unpaired) electrons. The minimum Gasteiger partial charge on any atom is -0.348 e. The Bertz CT molecular complexity index is 625. The monoisotopic (exact) mass is 253 g/mol. The topological polar surface area (TPSA) is 65.8 Å². The van der Waals surface area contributed by atoms with Crippen LogP contribution in [0.3, 0.4) is 0 Å². The van der Waals surface area contributed by atoms with Crippen molar-refractivity contribution in [1.82, 2.24) is 10.3 Å². The van der Waals surface area contributed by atoms with Crippen LogP contribution in [0.25, 0.3) is 10.9 Å². The summed E-state index contributed by atoms with van der Waals surface area (Å²) in [6.45, 7) is 1.95. The second-order valence-corrected chi connectivity index (χ2v) is 4.32. The minimum absolute atomic E-state index is 0.107. The summed E-state index contributed by atoms with van der Waals surface area (Å²) in [7, 11) is 0. The van der Waals surface area contributed by atoms with Crippen molar-refractivity contribution >= 4 is 16.8 Å². The maximum atomic E-state index is 12.3. The summed E-state index contributed by atoms with van der Waals surface area (Å²) in [6, 6.07) is 11.1. The second-order valence-electron chi connectivity index (χ2n) is 4.32. The Morgan fingerprint density at radius 2 is 2.26 bits per heavy atom. The fraction of sp³-hybridized carbons (Fsp3) is 0.267. The maximum absolute atomic E-state index is 12.3. The van der Waals surface area contributed by atoms with Crippen LogP contribution in [0.4, 0.5) is 0 Å². The molecule has 0 saturated carbocycles. The molecule has 4 nitrogen and oxygen atoms in total. The highest BCUT2D eigenvalue weighted by atomic mass is 16.1. The number of nitrogens with one attached hydrogen (secondary N) is 1. The highest BCUT2D eigenvalue weighted by Crippen LogP contribution is 2.16. The van der Waals surface area contributed by atoms with Crippen LogP contribution in [-0.4, -0.2) is 16.9 Å². The molecule has 0 aliphatic carbocycles. The molecule has 2 rings (SSSR count). The Hall–Kier alpha value is -2.41. The summed E-state index contributed by atoms with van der Waals surface area (Å²) >= 11 is 0. The molecule has 0 bridgehead atoms. The number of hydrogen-bond acceptors (Lipinski definition) is 3. The number of rotatable bonds is 4. The van der Waals surface area contributed by atoms with Crippen molar-refractivity contribution in [2.24, 2.45) is 0 Å². The maximum Gasteiger partial charge on any atom is 0.252 e. The summed E-state index contributed by atoms with van der Waals surface area (Å²) in [5.74, 6) is -0.152. The van der Waals surface area contributed by atoms with E-state index in [1.807, 2.05) is 31.2 Å². The van der Waals surface area contributed by atoms with E-state index >= 15 is 0 Å². The first-order valence-corrected chi connectivity index (χ1v) is 6.27. The van der Waals surface area contributed by atoms with E-state index in [9.17, 15) is 4.79 Å². The van der Waals surface area contributed by atoms with Crippen LogP contribution >= 0.6 is 0 Å². The van der Waals surface area contributed by atoms with Gasteiger partial charge in [-0.3, -0.25) is 9.78 Å². The lowest BCUT2D eigenvalue weighted by Crippen LogP contribution is -2.34. The van der Waals surface area contributed by atoms with Gasteiger partial charge in [0.2, 0.25) is 0 Å². The molecule has 4 heteroatoms. The molecule has 1 aromatic heterocycles. The van der Waals surface area contributed by atoms with Gasteiger partial charge >= 0.3 is 0 Å². The molecular formula is C15H15N3O. The van der Waals surface area contributed by atoms with E-state index in [1.54, 1.807) is 12.3 Å². The first-order chi connectivity index (χ1) is 9.26. The molecule has 0 aliphatic rings. The van der Waals surface area contributed by atoms with Crippen molar-refractivity contribution < 1.29 is 4.79 Å².